The van der Waals surface area contributed by atoms with Crippen LogP contribution in [0, 0.1) is 13.8 Å². The highest BCUT2D eigenvalue weighted by atomic mass is 35.5. The van der Waals surface area contributed by atoms with Gasteiger partial charge in [-0.05, 0) is 44.0 Å². The molecule has 2 unspecified atom stereocenters. The van der Waals surface area contributed by atoms with Crippen LogP contribution in [0.3, 0.4) is 0 Å². The minimum absolute atomic E-state index is 0.533. The van der Waals surface area contributed by atoms with E-state index in [2.05, 4.69) is 58.5 Å². The van der Waals surface area contributed by atoms with Gasteiger partial charge in [0.2, 0.25) is 0 Å². The minimum atomic E-state index is 0.533. The molecule has 178 valence electrons. The molecule has 0 saturated carbocycles. The van der Waals surface area contributed by atoms with Gasteiger partial charge in [-0.15, -0.1) is 0 Å². The Bertz CT molecular complexity index is 1320. The van der Waals surface area contributed by atoms with Crippen LogP contribution < -0.4 is 10.2 Å². The Morgan fingerprint density at radius 1 is 1.00 bits per heavy atom. The predicted octanol–water partition coefficient (Wildman–Crippen LogP) is 4.13. The Kier molecular flexibility index (Phi) is 5.58. The number of rotatable bonds is 6. The number of fused-ring (bicyclic) bond motifs is 2. The van der Waals surface area contributed by atoms with Crippen molar-refractivity contribution < 1.29 is 0 Å². The average molecular weight is 488 g/mol. The number of hydrogen-bond donors (Lipinski definition) is 2. The van der Waals surface area contributed by atoms with Crippen molar-refractivity contribution in [1.29, 1.82) is 0 Å². The molecule has 0 amide bonds. The Hall–Kier alpha value is -3.56. The van der Waals surface area contributed by atoms with Gasteiger partial charge in [-0.1, -0.05) is 17.7 Å². The van der Waals surface area contributed by atoms with E-state index < -0.39 is 0 Å². The van der Waals surface area contributed by atoms with Gasteiger partial charge in [-0.3, -0.25) is 10.00 Å². The summed E-state index contributed by atoms with van der Waals surface area (Å²) in [5, 5.41) is 10.9. The summed E-state index contributed by atoms with van der Waals surface area (Å²) in [6, 6.07) is 13.0. The Morgan fingerprint density at radius 3 is 2.54 bits per heavy atom. The number of anilines is 3. The molecule has 2 bridgehead atoms. The lowest BCUT2D eigenvalue weighted by molar-refractivity contribution is -0.00875. The van der Waals surface area contributed by atoms with Crippen LogP contribution in [0.1, 0.15) is 23.4 Å². The lowest BCUT2D eigenvalue weighted by Crippen LogP contribution is -2.68. The Morgan fingerprint density at radius 2 is 1.86 bits per heavy atom. The van der Waals surface area contributed by atoms with E-state index in [1.165, 1.54) is 12.0 Å². The van der Waals surface area contributed by atoms with Gasteiger partial charge >= 0.3 is 0 Å². The van der Waals surface area contributed by atoms with Gasteiger partial charge in [0.25, 0.3) is 0 Å². The summed E-state index contributed by atoms with van der Waals surface area (Å²) < 4.78 is 0. The lowest BCUT2D eigenvalue weighted by Gasteiger charge is -2.56. The van der Waals surface area contributed by atoms with Crippen LogP contribution in [0.2, 0.25) is 5.15 Å². The highest BCUT2D eigenvalue weighted by Crippen LogP contribution is 2.35. The maximum absolute atomic E-state index is 5.93. The number of pyridine rings is 2. The van der Waals surface area contributed by atoms with Crippen molar-refractivity contribution >= 4 is 29.1 Å². The van der Waals surface area contributed by atoms with Crippen molar-refractivity contribution in [3.8, 4) is 11.4 Å². The van der Waals surface area contributed by atoms with Crippen molar-refractivity contribution in [2.24, 2.45) is 0 Å². The van der Waals surface area contributed by atoms with Crippen molar-refractivity contribution in [2.75, 3.05) is 23.3 Å². The van der Waals surface area contributed by atoms with Crippen LogP contribution in [0.4, 0.5) is 17.5 Å². The molecule has 4 aromatic heterocycles. The zero-order chi connectivity index (χ0) is 23.9. The van der Waals surface area contributed by atoms with Crippen molar-refractivity contribution in [3.63, 3.8) is 0 Å². The number of nitrogens with one attached hydrogen (secondary N) is 2. The molecular formula is C25H26ClN9. The van der Waals surface area contributed by atoms with Crippen LogP contribution in [0.15, 0.2) is 48.8 Å². The fourth-order valence-electron chi connectivity index (χ4n) is 4.92. The number of H-pyrrole nitrogens is 1. The predicted molar refractivity (Wildman–Crippen MR) is 136 cm³/mol. The molecule has 35 heavy (non-hydrogen) atoms. The van der Waals surface area contributed by atoms with Gasteiger partial charge in [-0.25, -0.2) is 19.9 Å². The topological polar surface area (TPSA) is 98.8 Å². The normalized spacial score (nSPS) is 19.5. The SMILES string of the molecule is Cc1cc(Nc2cc(C)[nH]n2)nc(-c2ccc(N3CC4CC(C3)N4Cc3ccc(Cl)nc3)nc2)n1. The van der Waals surface area contributed by atoms with Crippen LogP contribution in [0.5, 0.6) is 0 Å². The van der Waals surface area contributed by atoms with Crippen LogP contribution >= 0.6 is 11.6 Å². The molecule has 3 fully saturated rings. The molecule has 10 heteroatoms. The lowest BCUT2D eigenvalue weighted by atomic mass is 9.87. The third kappa shape index (κ3) is 4.56. The molecule has 7 rings (SSSR count). The molecule has 9 nitrogen and oxygen atoms in total. The number of aryl methyl sites for hydroxylation is 2. The first-order valence-electron chi connectivity index (χ1n) is 11.7. The summed E-state index contributed by atoms with van der Waals surface area (Å²) in [5.74, 6) is 3.07. The van der Waals surface area contributed by atoms with E-state index in [-0.39, 0.29) is 0 Å². The third-order valence-corrected chi connectivity index (χ3v) is 6.87. The van der Waals surface area contributed by atoms with E-state index in [9.17, 15) is 0 Å². The first kappa shape index (κ1) is 21.9. The molecule has 3 aliphatic heterocycles. The second-order valence-corrected chi connectivity index (χ2v) is 9.68. The maximum Gasteiger partial charge on any atom is 0.163 e. The van der Waals surface area contributed by atoms with Crippen molar-refractivity contribution in [2.45, 2.75) is 38.9 Å². The molecular weight excluding hydrogens is 462 g/mol. The average Bonchev–Trinajstić information content (AvgIpc) is 3.27. The smallest absolute Gasteiger partial charge is 0.163 e. The van der Waals surface area contributed by atoms with Gasteiger partial charge in [0, 0.05) is 73.2 Å². The summed E-state index contributed by atoms with van der Waals surface area (Å²) >= 11 is 5.93. The molecule has 2 N–H and O–H groups in total. The number of hydrogen-bond acceptors (Lipinski definition) is 8. The molecule has 3 aliphatic rings. The fraction of sp³-hybridized carbons (Fsp3) is 0.320. The summed E-state index contributed by atoms with van der Waals surface area (Å²) in [4.78, 5) is 23.2. The molecule has 2 atom stereocenters. The molecule has 7 heterocycles. The van der Waals surface area contributed by atoms with E-state index in [1.54, 1.807) is 0 Å². The standard InChI is InChI=1S/C25H26ClN9/c1-15-7-22(30-23-8-16(2)32-33-23)31-25(29-15)18-4-6-24(28-11-18)34-13-19-9-20(14-34)35(19)12-17-3-5-21(26)27-10-17/h3-8,10-11,19-20H,9,12-14H2,1-2H3,(H2,29,30,31,32,33). The fourth-order valence-corrected chi connectivity index (χ4v) is 5.04. The second-order valence-electron chi connectivity index (χ2n) is 9.29. The molecule has 3 saturated heterocycles. The van der Waals surface area contributed by atoms with Gasteiger partial charge in [0.1, 0.15) is 16.8 Å². The summed E-state index contributed by atoms with van der Waals surface area (Å²) in [6.07, 6.45) is 4.97. The van der Waals surface area contributed by atoms with Crippen molar-refractivity contribution in [1.82, 2.24) is 35.0 Å². The van der Waals surface area contributed by atoms with E-state index in [0.29, 0.717) is 28.9 Å². The first-order valence-corrected chi connectivity index (χ1v) is 12.1. The van der Waals surface area contributed by atoms with E-state index >= 15 is 0 Å². The quantitative estimate of drug-likeness (QED) is 0.392. The van der Waals surface area contributed by atoms with Crippen molar-refractivity contribution in [3.05, 3.63) is 70.9 Å². The summed E-state index contributed by atoms with van der Waals surface area (Å²) in [6.45, 7) is 6.78. The van der Waals surface area contributed by atoms with Crippen LogP contribution in [-0.2, 0) is 6.54 Å². The summed E-state index contributed by atoms with van der Waals surface area (Å²) in [5.41, 5.74) is 3.95. The Labute approximate surface area is 208 Å². The van der Waals surface area contributed by atoms with Crippen LogP contribution in [0.25, 0.3) is 11.4 Å². The number of piperidine rings is 1. The number of halogens is 1. The number of aromatic nitrogens is 6. The van der Waals surface area contributed by atoms with Gasteiger partial charge in [0.05, 0.1) is 0 Å². The van der Waals surface area contributed by atoms with E-state index in [0.717, 1.165) is 48.2 Å². The highest BCUT2D eigenvalue weighted by molar-refractivity contribution is 6.29. The zero-order valence-electron chi connectivity index (χ0n) is 19.6. The molecule has 0 radical (unpaired) electrons. The number of piperazine rings is 1. The van der Waals surface area contributed by atoms with Crippen LogP contribution in [-0.4, -0.2) is 60.2 Å². The number of nitrogens with zero attached hydrogens (tertiary/aromatic N) is 7. The second kappa shape index (κ2) is 8.90. The zero-order valence-corrected chi connectivity index (χ0v) is 20.4. The van der Waals surface area contributed by atoms with E-state index in [1.807, 2.05) is 44.4 Å². The van der Waals surface area contributed by atoms with Gasteiger partial charge < -0.3 is 10.2 Å². The summed E-state index contributed by atoms with van der Waals surface area (Å²) in [7, 11) is 0. The molecule has 0 aromatic carbocycles. The van der Waals surface area contributed by atoms with E-state index in [4.69, 9.17) is 16.6 Å². The molecule has 0 aliphatic carbocycles. The monoisotopic (exact) mass is 487 g/mol. The minimum Gasteiger partial charge on any atom is -0.353 e. The Balaban J connectivity index is 1.13. The molecule has 4 aromatic rings. The number of aromatic amines is 1. The largest absolute Gasteiger partial charge is 0.353 e. The first-order chi connectivity index (χ1) is 17.0. The highest BCUT2D eigenvalue weighted by Gasteiger charge is 2.44. The van der Waals surface area contributed by atoms with Gasteiger partial charge in [0.15, 0.2) is 11.6 Å². The van der Waals surface area contributed by atoms with Gasteiger partial charge in [-0.2, -0.15) is 5.10 Å². The maximum atomic E-state index is 5.93. The molecule has 0 spiro atoms. The third-order valence-electron chi connectivity index (χ3n) is 6.64.